The molecule has 0 saturated heterocycles. The van der Waals surface area contributed by atoms with Crippen LogP contribution in [0.2, 0.25) is 0 Å². The lowest BCUT2D eigenvalue weighted by Gasteiger charge is -2.13. The summed E-state index contributed by atoms with van der Waals surface area (Å²) in [6.07, 6.45) is 0.890. The van der Waals surface area contributed by atoms with Crippen molar-refractivity contribution in [3.63, 3.8) is 0 Å². The predicted octanol–water partition coefficient (Wildman–Crippen LogP) is 4.40. The largest absolute Gasteiger partial charge is 0.319 e. The lowest BCUT2D eigenvalue weighted by atomic mass is 10.0. The summed E-state index contributed by atoms with van der Waals surface area (Å²) >= 11 is 4.53. The van der Waals surface area contributed by atoms with Gasteiger partial charge in [-0.1, -0.05) is 6.92 Å². The highest BCUT2D eigenvalue weighted by molar-refractivity contribution is 9.10. The van der Waals surface area contributed by atoms with Crippen LogP contribution in [0.5, 0.6) is 0 Å². The van der Waals surface area contributed by atoms with Crippen LogP contribution in [-0.2, 0) is 6.42 Å². The van der Waals surface area contributed by atoms with Gasteiger partial charge in [0.25, 0.3) is 0 Å². The third-order valence-electron chi connectivity index (χ3n) is 2.73. The number of halogens is 3. The van der Waals surface area contributed by atoms with E-state index in [9.17, 15) is 8.78 Å². The summed E-state index contributed by atoms with van der Waals surface area (Å²) in [6.45, 7) is 2.03. The molecule has 1 atom stereocenters. The van der Waals surface area contributed by atoms with Crippen molar-refractivity contribution < 1.29 is 8.78 Å². The van der Waals surface area contributed by atoms with E-state index in [2.05, 4.69) is 15.9 Å². The SMILES string of the molecule is CCc1ccc(C(N)c2c(F)ccc(Br)c2F)s1. The second-order valence-corrected chi connectivity index (χ2v) is 5.95. The summed E-state index contributed by atoms with van der Waals surface area (Å²) in [6, 6.07) is 5.55. The van der Waals surface area contributed by atoms with Crippen molar-refractivity contribution in [1.82, 2.24) is 0 Å². The first kappa shape index (κ1) is 13.6. The van der Waals surface area contributed by atoms with Gasteiger partial charge in [0.05, 0.1) is 10.5 Å². The minimum atomic E-state index is -0.771. The molecule has 1 unspecified atom stereocenters. The Morgan fingerprint density at radius 3 is 2.61 bits per heavy atom. The number of hydrogen-bond acceptors (Lipinski definition) is 2. The molecule has 0 aliphatic heterocycles. The molecule has 5 heteroatoms. The molecule has 1 nitrogen and oxygen atoms in total. The third kappa shape index (κ3) is 2.48. The van der Waals surface area contributed by atoms with Gasteiger partial charge in [0.15, 0.2) is 0 Å². The highest BCUT2D eigenvalue weighted by atomic mass is 79.9. The van der Waals surface area contributed by atoms with Crippen LogP contribution in [0.25, 0.3) is 0 Å². The Morgan fingerprint density at radius 1 is 1.28 bits per heavy atom. The van der Waals surface area contributed by atoms with Crippen LogP contribution in [-0.4, -0.2) is 0 Å². The Balaban J connectivity index is 2.45. The fourth-order valence-electron chi connectivity index (χ4n) is 1.72. The standard InChI is InChI=1S/C13H12BrF2NS/c1-2-7-3-6-10(18-7)13(17)11-9(15)5-4-8(14)12(11)16/h3-6,13H,2,17H2,1H3. The normalized spacial score (nSPS) is 12.7. The van der Waals surface area contributed by atoms with Crippen LogP contribution in [0.15, 0.2) is 28.7 Å². The molecular weight excluding hydrogens is 320 g/mol. The maximum absolute atomic E-state index is 13.9. The summed E-state index contributed by atoms with van der Waals surface area (Å²) in [5.41, 5.74) is 5.88. The maximum atomic E-state index is 13.9. The highest BCUT2D eigenvalue weighted by Gasteiger charge is 2.21. The number of rotatable bonds is 3. The zero-order chi connectivity index (χ0) is 13.3. The van der Waals surface area contributed by atoms with E-state index in [4.69, 9.17) is 5.73 Å². The van der Waals surface area contributed by atoms with E-state index in [-0.39, 0.29) is 10.0 Å². The molecule has 0 fully saturated rings. The monoisotopic (exact) mass is 331 g/mol. The van der Waals surface area contributed by atoms with Gasteiger partial charge in [-0.3, -0.25) is 0 Å². The van der Waals surface area contributed by atoms with Crippen LogP contribution < -0.4 is 5.73 Å². The average molecular weight is 332 g/mol. The number of hydrogen-bond donors (Lipinski definition) is 1. The molecule has 0 saturated carbocycles. The first-order valence-electron chi connectivity index (χ1n) is 5.52. The Morgan fingerprint density at radius 2 is 2.00 bits per heavy atom. The van der Waals surface area contributed by atoms with Crippen LogP contribution >= 0.6 is 27.3 Å². The van der Waals surface area contributed by atoms with Gasteiger partial charge in [-0.25, -0.2) is 8.78 Å². The van der Waals surface area contributed by atoms with Crippen molar-refractivity contribution in [3.05, 3.63) is 55.7 Å². The van der Waals surface area contributed by atoms with E-state index in [0.717, 1.165) is 16.2 Å². The number of nitrogens with two attached hydrogens (primary N) is 1. The van der Waals surface area contributed by atoms with E-state index < -0.39 is 17.7 Å². The molecule has 0 aliphatic carbocycles. The van der Waals surface area contributed by atoms with E-state index in [1.165, 1.54) is 23.5 Å². The molecule has 2 N–H and O–H groups in total. The Labute approximate surface area is 117 Å². The van der Waals surface area contributed by atoms with E-state index in [0.29, 0.717) is 0 Å². The molecule has 1 aromatic heterocycles. The van der Waals surface area contributed by atoms with Crippen LogP contribution in [0.4, 0.5) is 8.78 Å². The number of thiophene rings is 1. The Hall–Kier alpha value is -0.780. The molecule has 1 heterocycles. The van der Waals surface area contributed by atoms with Crippen molar-refractivity contribution in [1.29, 1.82) is 0 Å². The van der Waals surface area contributed by atoms with Crippen LogP contribution in [0.3, 0.4) is 0 Å². The molecule has 0 aliphatic rings. The summed E-state index contributed by atoms with van der Waals surface area (Å²) in [7, 11) is 0. The quantitative estimate of drug-likeness (QED) is 0.829. The first-order chi connectivity index (χ1) is 8.54. The van der Waals surface area contributed by atoms with Gasteiger partial charge in [-0.05, 0) is 46.6 Å². The predicted molar refractivity (Wildman–Crippen MR) is 73.8 cm³/mol. The molecule has 18 heavy (non-hydrogen) atoms. The van der Waals surface area contributed by atoms with Crippen LogP contribution in [0.1, 0.15) is 28.3 Å². The maximum Gasteiger partial charge on any atom is 0.145 e. The Kier molecular flexibility index (Phi) is 4.14. The van der Waals surface area contributed by atoms with Gasteiger partial charge in [0.2, 0.25) is 0 Å². The summed E-state index contributed by atoms with van der Waals surface area (Å²) in [5.74, 6) is -1.25. The molecule has 0 amide bonds. The topological polar surface area (TPSA) is 26.0 Å². The smallest absolute Gasteiger partial charge is 0.145 e. The van der Waals surface area contributed by atoms with E-state index >= 15 is 0 Å². The van der Waals surface area contributed by atoms with Crippen molar-refractivity contribution in [3.8, 4) is 0 Å². The van der Waals surface area contributed by atoms with Gasteiger partial charge < -0.3 is 5.73 Å². The summed E-state index contributed by atoms with van der Waals surface area (Å²) in [5, 5.41) is 0. The minimum Gasteiger partial charge on any atom is -0.319 e. The summed E-state index contributed by atoms with van der Waals surface area (Å²) < 4.78 is 27.9. The van der Waals surface area contributed by atoms with Crippen molar-refractivity contribution in [2.24, 2.45) is 5.73 Å². The molecule has 2 aromatic rings. The molecule has 0 bridgehead atoms. The second-order valence-electron chi connectivity index (χ2n) is 3.89. The first-order valence-corrected chi connectivity index (χ1v) is 7.13. The number of aryl methyl sites for hydroxylation is 1. The molecule has 96 valence electrons. The van der Waals surface area contributed by atoms with Gasteiger partial charge in [0.1, 0.15) is 11.6 Å². The molecule has 0 radical (unpaired) electrons. The van der Waals surface area contributed by atoms with Crippen molar-refractivity contribution in [2.75, 3.05) is 0 Å². The molecule has 0 spiro atoms. The lowest BCUT2D eigenvalue weighted by Crippen LogP contribution is -2.14. The van der Waals surface area contributed by atoms with Gasteiger partial charge >= 0.3 is 0 Å². The Bertz CT molecular complexity index is 568. The zero-order valence-corrected chi connectivity index (χ0v) is 12.1. The fourth-order valence-corrected chi connectivity index (χ4v) is 3.03. The van der Waals surface area contributed by atoms with Gasteiger partial charge in [-0.15, -0.1) is 11.3 Å². The molecular formula is C13H12BrF2NS. The molecule has 1 aromatic carbocycles. The van der Waals surface area contributed by atoms with Gasteiger partial charge in [-0.2, -0.15) is 0 Å². The van der Waals surface area contributed by atoms with Gasteiger partial charge in [0, 0.05) is 15.3 Å². The van der Waals surface area contributed by atoms with E-state index in [1.807, 2.05) is 19.1 Å². The van der Waals surface area contributed by atoms with Crippen LogP contribution in [0, 0.1) is 11.6 Å². The second kappa shape index (κ2) is 5.47. The lowest BCUT2D eigenvalue weighted by molar-refractivity contribution is 0.541. The van der Waals surface area contributed by atoms with Crippen molar-refractivity contribution in [2.45, 2.75) is 19.4 Å². The molecule has 2 rings (SSSR count). The van der Waals surface area contributed by atoms with E-state index in [1.54, 1.807) is 0 Å². The fraction of sp³-hybridized carbons (Fsp3) is 0.231. The third-order valence-corrected chi connectivity index (χ3v) is 4.65. The highest BCUT2D eigenvalue weighted by Crippen LogP contribution is 2.32. The van der Waals surface area contributed by atoms with Crippen molar-refractivity contribution >= 4 is 27.3 Å². The zero-order valence-electron chi connectivity index (χ0n) is 9.71. The average Bonchev–Trinajstić information content (AvgIpc) is 2.83. The minimum absolute atomic E-state index is 0.0890. The summed E-state index contributed by atoms with van der Waals surface area (Å²) in [4.78, 5) is 1.92. The number of benzene rings is 1.